The zero-order valence-electron chi connectivity index (χ0n) is 18.0. The van der Waals surface area contributed by atoms with Crippen LogP contribution in [0.2, 0.25) is 5.02 Å². The van der Waals surface area contributed by atoms with E-state index in [9.17, 15) is 13.2 Å². The van der Waals surface area contributed by atoms with Crippen molar-refractivity contribution in [2.75, 3.05) is 42.8 Å². The van der Waals surface area contributed by atoms with Crippen LogP contribution in [0.5, 0.6) is 5.75 Å². The number of carbonyl (C=O) groups excluding carboxylic acids is 1. The van der Waals surface area contributed by atoms with Crippen LogP contribution in [0.15, 0.2) is 65.7 Å². The number of methoxy groups -OCH3 is 1. The van der Waals surface area contributed by atoms with Crippen LogP contribution in [0.1, 0.15) is 10.4 Å². The van der Waals surface area contributed by atoms with Crippen molar-refractivity contribution in [2.45, 2.75) is 4.90 Å². The lowest BCUT2D eigenvalue weighted by atomic mass is 10.2. The fourth-order valence-corrected chi connectivity index (χ4v) is 4.38. The highest BCUT2D eigenvalue weighted by Gasteiger charge is 2.25. The molecule has 0 aliphatic heterocycles. The van der Waals surface area contributed by atoms with Gasteiger partial charge in [-0.25, -0.2) is 13.4 Å². The molecule has 0 radical (unpaired) electrons. The monoisotopic (exact) mass is 474 g/mol. The molecule has 0 atom stereocenters. The molecule has 0 bridgehead atoms. The van der Waals surface area contributed by atoms with E-state index in [0.29, 0.717) is 17.1 Å². The largest absolute Gasteiger partial charge is 0.495 e. The Kier molecular flexibility index (Phi) is 6.90. The Bertz CT molecular complexity index is 1230. The fraction of sp³-hybridized carbons (Fsp3) is 0.182. The van der Waals surface area contributed by atoms with Gasteiger partial charge in [0.2, 0.25) is 0 Å². The van der Waals surface area contributed by atoms with Crippen LogP contribution in [0.25, 0.3) is 0 Å². The minimum atomic E-state index is -3.99. The van der Waals surface area contributed by atoms with Gasteiger partial charge in [0.05, 0.1) is 40.2 Å². The number of para-hydroxylation sites is 2. The number of pyridine rings is 1. The summed E-state index contributed by atoms with van der Waals surface area (Å²) in [5, 5.41) is 2.81. The van der Waals surface area contributed by atoms with Gasteiger partial charge in [0.15, 0.2) is 0 Å². The van der Waals surface area contributed by atoms with E-state index in [4.69, 9.17) is 16.3 Å². The van der Waals surface area contributed by atoms with Crippen LogP contribution in [-0.2, 0) is 10.0 Å². The number of hydrogen-bond acceptors (Lipinski definition) is 6. The van der Waals surface area contributed by atoms with E-state index in [1.165, 1.54) is 38.6 Å². The molecule has 1 heterocycles. The zero-order valence-corrected chi connectivity index (χ0v) is 19.6. The summed E-state index contributed by atoms with van der Waals surface area (Å²) >= 11 is 6.21. The first kappa shape index (κ1) is 23.4. The fourth-order valence-electron chi connectivity index (χ4n) is 2.94. The highest BCUT2D eigenvalue weighted by atomic mass is 35.5. The van der Waals surface area contributed by atoms with Gasteiger partial charge in [-0.1, -0.05) is 23.7 Å². The number of amides is 1. The molecule has 1 amide bonds. The molecule has 32 heavy (non-hydrogen) atoms. The van der Waals surface area contributed by atoms with Crippen molar-refractivity contribution < 1.29 is 17.9 Å². The van der Waals surface area contributed by atoms with Crippen molar-refractivity contribution in [3.8, 4) is 5.75 Å². The lowest BCUT2D eigenvalue weighted by Gasteiger charge is -2.22. The Hall–Kier alpha value is -3.30. The number of sulfonamides is 1. The Morgan fingerprint density at radius 2 is 1.78 bits per heavy atom. The first-order valence-electron chi connectivity index (χ1n) is 9.51. The minimum absolute atomic E-state index is 0.0258. The molecule has 10 heteroatoms. The maximum absolute atomic E-state index is 13.2. The van der Waals surface area contributed by atoms with Crippen LogP contribution >= 0.6 is 11.6 Å². The van der Waals surface area contributed by atoms with Crippen LogP contribution in [-0.4, -0.2) is 47.6 Å². The number of ether oxygens (including phenoxy) is 1. The van der Waals surface area contributed by atoms with Gasteiger partial charge in [0.1, 0.15) is 11.6 Å². The van der Waals surface area contributed by atoms with Crippen molar-refractivity contribution in [1.82, 2.24) is 4.98 Å². The number of benzene rings is 2. The number of hydrogen-bond donors (Lipinski definition) is 1. The smallest absolute Gasteiger partial charge is 0.264 e. The molecule has 0 saturated heterocycles. The summed E-state index contributed by atoms with van der Waals surface area (Å²) in [5.41, 5.74) is 0.844. The quantitative estimate of drug-likeness (QED) is 0.558. The maximum atomic E-state index is 13.2. The number of carbonyl (C=O) groups is 1. The molecule has 1 aromatic heterocycles. The number of aromatic nitrogens is 1. The molecule has 8 nitrogen and oxygen atoms in total. The molecular formula is C22H23ClN4O4S. The van der Waals surface area contributed by atoms with Crippen molar-refractivity contribution in [2.24, 2.45) is 0 Å². The lowest BCUT2D eigenvalue weighted by molar-refractivity contribution is 0.102. The standard InChI is InChI=1S/C22H23ClN4O4S/c1-26(2)21-12-9-15(14-24-21)25-22(28)17-13-16(10-11-18(17)23)32(29,30)27(3)19-7-5-6-8-20(19)31-4/h5-14H,1-4H3,(H,25,28). The van der Waals surface area contributed by atoms with E-state index in [1.54, 1.807) is 36.4 Å². The molecule has 168 valence electrons. The first-order valence-corrected chi connectivity index (χ1v) is 11.3. The van der Waals surface area contributed by atoms with Gasteiger partial charge in [0, 0.05) is 21.1 Å². The maximum Gasteiger partial charge on any atom is 0.264 e. The predicted octanol–water partition coefficient (Wildman–Crippen LogP) is 3.89. The van der Waals surface area contributed by atoms with Crippen LogP contribution in [0, 0.1) is 0 Å². The van der Waals surface area contributed by atoms with Gasteiger partial charge in [-0.05, 0) is 42.5 Å². The third-order valence-corrected chi connectivity index (χ3v) is 6.83. The van der Waals surface area contributed by atoms with Gasteiger partial charge in [-0.3, -0.25) is 9.10 Å². The molecule has 0 spiro atoms. The average Bonchev–Trinajstić information content (AvgIpc) is 2.78. The van der Waals surface area contributed by atoms with E-state index in [0.717, 1.165) is 10.1 Å². The number of anilines is 3. The van der Waals surface area contributed by atoms with E-state index >= 15 is 0 Å². The molecular weight excluding hydrogens is 452 g/mol. The molecule has 0 saturated carbocycles. The first-order chi connectivity index (χ1) is 15.1. The summed E-state index contributed by atoms with van der Waals surface area (Å²) in [4.78, 5) is 18.8. The van der Waals surface area contributed by atoms with Gasteiger partial charge >= 0.3 is 0 Å². The number of rotatable bonds is 7. The van der Waals surface area contributed by atoms with E-state index in [1.807, 2.05) is 19.0 Å². The van der Waals surface area contributed by atoms with Crippen molar-refractivity contribution in [1.29, 1.82) is 0 Å². The molecule has 0 aliphatic carbocycles. The Morgan fingerprint density at radius 1 is 1.06 bits per heavy atom. The van der Waals surface area contributed by atoms with Crippen molar-refractivity contribution in [3.05, 3.63) is 71.4 Å². The zero-order chi connectivity index (χ0) is 23.5. The summed E-state index contributed by atoms with van der Waals surface area (Å²) in [6.07, 6.45) is 1.51. The second-order valence-corrected chi connectivity index (χ2v) is 9.42. The van der Waals surface area contributed by atoms with Crippen molar-refractivity contribution >= 4 is 44.7 Å². The van der Waals surface area contributed by atoms with Gasteiger partial charge in [0.25, 0.3) is 15.9 Å². The van der Waals surface area contributed by atoms with Gasteiger partial charge in [-0.2, -0.15) is 0 Å². The molecule has 3 rings (SSSR count). The van der Waals surface area contributed by atoms with Crippen molar-refractivity contribution in [3.63, 3.8) is 0 Å². The lowest BCUT2D eigenvalue weighted by Crippen LogP contribution is -2.27. The van der Waals surface area contributed by atoms with E-state index in [-0.39, 0.29) is 15.5 Å². The van der Waals surface area contributed by atoms with E-state index in [2.05, 4.69) is 10.3 Å². The molecule has 1 N–H and O–H groups in total. The van der Waals surface area contributed by atoms with Gasteiger partial charge in [-0.15, -0.1) is 0 Å². The molecule has 0 unspecified atom stereocenters. The average molecular weight is 475 g/mol. The Labute approximate surface area is 192 Å². The molecule has 0 fully saturated rings. The van der Waals surface area contributed by atoms with Crippen LogP contribution < -0.4 is 19.3 Å². The summed E-state index contributed by atoms with van der Waals surface area (Å²) in [6, 6.07) is 14.2. The third-order valence-electron chi connectivity index (χ3n) is 4.73. The predicted molar refractivity (Wildman–Crippen MR) is 127 cm³/mol. The van der Waals surface area contributed by atoms with Gasteiger partial charge < -0.3 is 15.0 Å². The summed E-state index contributed by atoms with van der Waals surface area (Å²) in [7, 11) is 2.60. The third kappa shape index (κ3) is 4.79. The van der Waals surface area contributed by atoms with Crippen LogP contribution in [0.3, 0.4) is 0 Å². The second kappa shape index (κ2) is 9.46. The Morgan fingerprint density at radius 3 is 2.41 bits per heavy atom. The number of nitrogens with one attached hydrogen (secondary N) is 1. The Balaban J connectivity index is 1.91. The van der Waals surface area contributed by atoms with Crippen LogP contribution in [0.4, 0.5) is 17.2 Å². The summed E-state index contributed by atoms with van der Waals surface area (Å²) in [5.74, 6) is 0.582. The highest BCUT2D eigenvalue weighted by molar-refractivity contribution is 7.92. The molecule has 2 aromatic carbocycles. The molecule has 0 aliphatic rings. The minimum Gasteiger partial charge on any atom is -0.495 e. The normalized spacial score (nSPS) is 11.0. The SMILES string of the molecule is COc1ccccc1N(C)S(=O)(=O)c1ccc(Cl)c(C(=O)Nc2ccc(N(C)C)nc2)c1. The highest BCUT2D eigenvalue weighted by Crippen LogP contribution is 2.32. The topological polar surface area (TPSA) is 91.8 Å². The number of nitrogens with zero attached hydrogens (tertiary/aromatic N) is 3. The summed E-state index contributed by atoms with van der Waals surface area (Å²) < 4.78 is 32.8. The molecule has 3 aromatic rings. The second-order valence-electron chi connectivity index (χ2n) is 7.04. The number of halogens is 1. The summed E-state index contributed by atoms with van der Waals surface area (Å²) in [6.45, 7) is 0. The van der Waals surface area contributed by atoms with E-state index < -0.39 is 15.9 Å².